The van der Waals surface area contributed by atoms with Gasteiger partial charge in [-0.2, -0.15) is 0 Å². The maximum absolute atomic E-state index is 2.40. The van der Waals surface area contributed by atoms with Crippen molar-refractivity contribution in [3.05, 3.63) is 229 Å². The fraction of sp³-hybridized carbons (Fsp3) is 0.0189. The largest absolute Gasteiger partial charge is 0.0713 e. The zero-order valence-electron chi connectivity index (χ0n) is 29.1. The average molecular weight is 671 g/mol. The zero-order valence-corrected chi connectivity index (χ0v) is 29.1. The lowest BCUT2D eigenvalue weighted by molar-refractivity contribution is 0.768. The maximum Gasteiger partial charge on any atom is 0.0713 e. The first kappa shape index (κ1) is 29.9. The molecular weight excluding hydrogens is 637 g/mol. The molecule has 0 amide bonds. The first-order valence-electron chi connectivity index (χ1n) is 18.5. The van der Waals surface area contributed by atoms with Gasteiger partial charge in [0.1, 0.15) is 0 Å². The quantitative estimate of drug-likeness (QED) is 0.129. The van der Waals surface area contributed by atoms with E-state index in [-0.39, 0.29) is 0 Å². The van der Waals surface area contributed by atoms with Crippen LogP contribution in [0.5, 0.6) is 0 Å². The van der Waals surface area contributed by atoms with Crippen LogP contribution in [0, 0.1) is 0 Å². The van der Waals surface area contributed by atoms with Gasteiger partial charge in [0.25, 0.3) is 0 Å². The first-order chi connectivity index (χ1) is 26.3. The summed E-state index contributed by atoms with van der Waals surface area (Å²) in [5, 5.41) is 10.2. The summed E-state index contributed by atoms with van der Waals surface area (Å²) in [6.07, 6.45) is 0. The molecule has 0 fully saturated rings. The second-order valence-electron chi connectivity index (χ2n) is 14.3. The van der Waals surface area contributed by atoms with Gasteiger partial charge < -0.3 is 0 Å². The number of hydrogen-bond acceptors (Lipinski definition) is 0. The predicted octanol–water partition coefficient (Wildman–Crippen LogP) is 14.0. The van der Waals surface area contributed by atoms with Crippen molar-refractivity contribution in [3.63, 3.8) is 0 Å². The van der Waals surface area contributed by atoms with Crippen LogP contribution in [0.2, 0.25) is 0 Å². The number of benzene rings is 10. The Balaban J connectivity index is 1.17. The summed E-state index contributed by atoms with van der Waals surface area (Å²) in [4.78, 5) is 0. The van der Waals surface area contributed by atoms with Crippen LogP contribution in [0.1, 0.15) is 22.3 Å². The van der Waals surface area contributed by atoms with Crippen LogP contribution in [0.25, 0.3) is 76.5 Å². The van der Waals surface area contributed by atoms with Crippen LogP contribution in [0.15, 0.2) is 206 Å². The molecular formula is C53H34. The van der Waals surface area contributed by atoms with Crippen molar-refractivity contribution in [2.24, 2.45) is 0 Å². The molecule has 0 saturated carbocycles. The highest BCUT2D eigenvalue weighted by Gasteiger charge is 2.45. The summed E-state index contributed by atoms with van der Waals surface area (Å²) in [5.74, 6) is 0. The molecule has 1 aliphatic rings. The van der Waals surface area contributed by atoms with Gasteiger partial charge in [0.05, 0.1) is 5.41 Å². The minimum absolute atomic E-state index is 0.419. The Bertz CT molecular complexity index is 2940. The summed E-state index contributed by atoms with van der Waals surface area (Å²) >= 11 is 0. The Morgan fingerprint density at radius 1 is 0.264 bits per heavy atom. The van der Waals surface area contributed by atoms with E-state index in [1.807, 2.05) is 0 Å². The standard InChI is InChI=1S/C53H34/c1-2-17-37(18-3-1)53(49-28-14-12-22-42(49)43-23-13-15-29-50(43)53)38-32-30-35(31-33-38)51-44-24-8-10-26-46(44)52(47-27-11-9-25-45(47)51)48-34-36-16-4-5-19-39(36)40-20-6-7-21-41(40)48/h1-34H. The molecule has 0 unspecified atom stereocenters. The van der Waals surface area contributed by atoms with E-state index in [0.717, 1.165) is 0 Å². The van der Waals surface area contributed by atoms with E-state index in [4.69, 9.17) is 0 Å². The third kappa shape index (κ3) is 4.24. The minimum Gasteiger partial charge on any atom is -0.0622 e. The molecule has 10 aromatic carbocycles. The molecule has 0 radical (unpaired) electrons. The Morgan fingerprint density at radius 3 is 1.30 bits per heavy atom. The third-order valence-electron chi connectivity index (χ3n) is 11.7. The van der Waals surface area contributed by atoms with Gasteiger partial charge in [-0.15, -0.1) is 0 Å². The lowest BCUT2D eigenvalue weighted by atomic mass is 9.67. The van der Waals surface area contributed by atoms with Crippen LogP contribution in [0.3, 0.4) is 0 Å². The first-order valence-corrected chi connectivity index (χ1v) is 18.5. The molecule has 0 bridgehead atoms. The highest BCUT2D eigenvalue weighted by molar-refractivity contribution is 6.25. The minimum atomic E-state index is -0.419. The molecule has 0 N–H and O–H groups in total. The molecule has 0 spiro atoms. The van der Waals surface area contributed by atoms with Crippen LogP contribution >= 0.6 is 0 Å². The normalized spacial score (nSPS) is 13.1. The molecule has 11 rings (SSSR count). The van der Waals surface area contributed by atoms with Crippen molar-refractivity contribution in [1.29, 1.82) is 0 Å². The average Bonchev–Trinajstić information content (AvgIpc) is 3.54. The topological polar surface area (TPSA) is 0 Å². The fourth-order valence-corrected chi connectivity index (χ4v) is 9.59. The zero-order chi connectivity index (χ0) is 34.9. The molecule has 246 valence electrons. The van der Waals surface area contributed by atoms with Crippen LogP contribution in [-0.2, 0) is 5.41 Å². The van der Waals surface area contributed by atoms with E-state index in [2.05, 4.69) is 206 Å². The molecule has 0 atom stereocenters. The molecule has 53 heavy (non-hydrogen) atoms. The van der Waals surface area contributed by atoms with Crippen LogP contribution < -0.4 is 0 Å². The molecule has 0 heteroatoms. The fourth-order valence-electron chi connectivity index (χ4n) is 9.59. The highest BCUT2D eigenvalue weighted by Crippen LogP contribution is 2.56. The van der Waals surface area contributed by atoms with E-state index >= 15 is 0 Å². The van der Waals surface area contributed by atoms with Crippen molar-refractivity contribution in [2.45, 2.75) is 5.41 Å². The van der Waals surface area contributed by atoms with E-state index in [1.165, 1.54) is 98.7 Å². The van der Waals surface area contributed by atoms with Crippen LogP contribution in [-0.4, -0.2) is 0 Å². The van der Waals surface area contributed by atoms with Gasteiger partial charge in [0.15, 0.2) is 0 Å². The van der Waals surface area contributed by atoms with E-state index in [1.54, 1.807) is 0 Å². The Labute approximate surface area is 309 Å². The molecule has 0 heterocycles. The lowest BCUT2D eigenvalue weighted by Gasteiger charge is -2.34. The SMILES string of the molecule is c1ccc(C2(c3ccc(-c4c5ccccc5c(-c5cc6ccccc6c6ccccc56)c5ccccc45)cc3)c3ccccc3-c3ccccc32)cc1. The van der Waals surface area contributed by atoms with Crippen molar-refractivity contribution < 1.29 is 0 Å². The molecule has 0 aliphatic heterocycles. The highest BCUT2D eigenvalue weighted by atomic mass is 14.5. The Kier molecular flexibility index (Phi) is 6.57. The van der Waals surface area contributed by atoms with Gasteiger partial charge in [-0.1, -0.05) is 200 Å². The Morgan fingerprint density at radius 2 is 0.698 bits per heavy atom. The number of fused-ring (bicyclic) bond motifs is 8. The summed E-state index contributed by atoms with van der Waals surface area (Å²) in [6.45, 7) is 0. The van der Waals surface area contributed by atoms with Gasteiger partial charge in [0.2, 0.25) is 0 Å². The van der Waals surface area contributed by atoms with E-state index < -0.39 is 5.41 Å². The number of rotatable bonds is 4. The summed E-state index contributed by atoms with van der Waals surface area (Å²) in [6, 6.07) is 76.6. The van der Waals surface area contributed by atoms with Crippen molar-refractivity contribution >= 4 is 43.1 Å². The predicted molar refractivity (Wildman–Crippen MR) is 225 cm³/mol. The monoisotopic (exact) mass is 670 g/mol. The van der Waals surface area contributed by atoms with Crippen molar-refractivity contribution in [2.75, 3.05) is 0 Å². The summed E-state index contributed by atoms with van der Waals surface area (Å²) < 4.78 is 0. The van der Waals surface area contributed by atoms with E-state index in [0.29, 0.717) is 0 Å². The molecule has 0 aromatic heterocycles. The molecule has 0 saturated heterocycles. The lowest BCUT2D eigenvalue weighted by Crippen LogP contribution is -2.28. The number of hydrogen-bond donors (Lipinski definition) is 0. The summed E-state index contributed by atoms with van der Waals surface area (Å²) in [7, 11) is 0. The van der Waals surface area contributed by atoms with Gasteiger partial charge in [-0.05, 0) is 105 Å². The van der Waals surface area contributed by atoms with Gasteiger partial charge in [-0.25, -0.2) is 0 Å². The summed E-state index contributed by atoms with van der Waals surface area (Å²) in [5.41, 5.74) is 12.5. The second-order valence-corrected chi connectivity index (χ2v) is 14.3. The van der Waals surface area contributed by atoms with Gasteiger partial charge in [0, 0.05) is 0 Å². The Hall–Kier alpha value is -6.76. The van der Waals surface area contributed by atoms with E-state index in [9.17, 15) is 0 Å². The second kappa shape index (κ2) is 11.6. The maximum atomic E-state index is 2.40. The van der Waals surface area contributed by atoms with Crippen molar-refractivity contribution in [1.82, 2.24) is 0 Å². The molecule has 1 aliphatic carbocycles. The molecule has 0 nitrogen and oxygen atoms in total. The smallest absolute Gasteiger partial charge is 0.0622 e. The molecule has 10 aromatic rings. The van der Waals surface area contributed by atoms with Crippen LogP contribution in [0.4, 0.5) is 0 Å². The van der Waals surface area contributed by atoms with Gasteiger partial charge in [-0.3, -0.25) is 0 Å². The van der Waals surface area contributed by atoms with Gasteiger partial charge >= 0.3 is 0 Å². The third-order valence-corrected chi connectivity index (χ3v) is 11.7. The van der Waals surface area contributed by atoms with Crippen molar-refractivity contribution in [3.8, 4) is 33.4 Å².